The molecule has 1 aromatic carbocycles. The highest BCUT2D eigenvalue weighted by Crippen LogP contribution is 2.44. The monoisotopic (exact) mass is 479 g/mol. The fraction of sp³-hybridized carbons (Fsp3) is 0.286. The van der Waals surface area contributed by atoms with Gasteiger partial charge in [0, 0.05) is 29.0 Å². The highest BCUT2D eigenvalue weighted by Gasteiger charge is 2.58. The normalized spacial score (nSPS) is 24.2. The van der Waals surface area contributed by atoms with Crippen molar-refractivity contribution >= 4 is 49.7 Å². The van der Waals surface area contributed by atoms with Gasteiger partial charge in [-0.3, -0.25) is 9.98 Å². The number of aromatic nitrogens is 2. The maximum Gasteiger partial charge on any atom is 0.230 e. The van der Waals surface area contributed by atoms with E-state index >= 15 is 4.39 Å². The summed E-state index contributed by atoms with van der Waals surface area (Å²) in [5, 5.41) is 4.20. The Hall–Kier alpha value is -2.85. The first-order chi connectivity index (χ1) is 14.9. The van der Waals surface area contributed by atoms with Crippen LogP contribution in [0.25, 0.3) is 10.9 Å². The number of hydrogen-bond donors (Lipinski definition) is 2. The molecule has 32 heavy (non-hydrogen) atoms. The van der Waals surface area contributed by atoms with Gasteiger partial charge in [0.1, 0.15) is 27.5 Å². The van der Waals surface area contributed by atoms with E-state index in [2.05, 4.69) is 20.3 Å². The second-order valence-corrected chi connectivity index (χ2v) is 11.2. The second-order valence-electron chi connectivity index (χ2n) is 8.22. The topological polar surface area (TPSA) is 110 Å². The van der Waals surface area contributed by atoms with Gasteiger partial charge in [0.2, 0.25) is 5.50 Å². The summed E-state index contributed by atoms with van der Waals surface area (Å²) in [6.45, 7) is 3.75. The first-order valence-corrected chi connectivity index (χ1v) is 11.5. The van der Waals surface area contributed by atoms with Gasteiger partial charge >= 0.3 is 0 Å². The Kier molecular flexibility index (Phi) is 5.13. The molecule has 0 fully saturated rings. The molecule has 0 bridgehead atoms. The quantitative estimate of drug-likeness (QED) is 0.581. The molecule has 3 N–H and O–H groups in total. The molecular formula is C21H20ClF2N5O2S. The minimum atomic E-state index is -4.41. The Bertz CT molecular complexity index is 1380. The van der Waals surface area contributed by atoms with Gasteiger partial charge in [0.15, 0.2) is 15.7 Å². The van der Waals surface area contributed by atoms with Crippen LogP contribution in [-0.2, 0) is 15.4 Å². The van der Waals surface area contributed by atoms with Gasteiger partial charge in [-0.15, -0.1) is 0 Å². The van der Waals surface area contributed by atoms with Crippen LogP contribution in [0.1, 0.15) is 26.3 Å². The maximum absolute atomic E-state index is 15.4. The van der Waals surface area contributed by atoms with Crippen LogP contribution in [0, 0.1) is 5.82 Å². The third-order valence-electron chi connectivity index (χ3n) is 5.74. The van der Waals surface area contributed by atoms with E-state index in [4.69, 9.17) is 17.3 Å². The summed E-state index contributed by atoms with van der Waals surface area (Å²) in [6, 6.07) is 7.26. The molecule has 1 aliphatic rings. The molecule has 2 aromatic heterocycles. The minimum absolute atomic E-state index is 0.256. The first kappa shape index (κ1) is 22.3. The average molecular weight is 480 g/mol. The highest BCUT2D eigenvalue weighted by molar-refractivity contribution is 7.94. The number of sulfone groups is 1. The molecule has 3 aromatic rings. The molecule has 0 spiro atoms. The van der Waals surface area contributed by atoms with E-state index in [1.165, 1.54) is 39.1 Å². The predicted molar refractivity (Wildman–Crippen MR) is 121 cm³/mol. The largest absolute Gasteiger partial charge is 0.386 e. The van der Waals surface area contributed by atoms with Gasteiger partial charge in [0.05, 0.1) is 5.02 Å². The molecule has 4 rings (SSSR count). The zero-order chi connectivity index (χ0) is 23.5. The Morgan fingerprint density at radius 1 is 1.16 bits per heavy atom. The number of fused-ring (bicyclic) bond motifs is 1. The van der Waals surface area contributed by atoms with E-state index in [1.807, 2.05) is 0 Å². The smallest absolute Gasteiger partial charge is 0.230 e. The number of nitrogens with one attached hydrogen (secondary N) is 1. The van der Waals surface area contributed by atoms with E-state index in [-0.39, 0.29) is 11.4 Å². The molecule has 7 nitrogen and oxygen atoms in total. The Balaban J connectivity index is 1.82. The number of halogens is 3. The summed E-state index contributed by atoms with van der Waals surface area (Å²) in [6.07, 6.45) is 3.01. The molecular weight excluding hydrogens is 460 g/mol. The fourth-order valence-electron chi connectivity index (χ4n) is 3.58. The van der Waals surface area contributed by atoms with Crippen molar-refractivity contribution in [1.29, 1.82) is 0 Å². The summed E-state index contributed by atoms with van der Waals surface area (Å²) in [5.74, 6) is -0.745. The zero-order valence-corrected chi connectivity index (χ0v) is 19.0. The molecule has 0 radical (unpaired) electrons. The molecule has 11 heteroatoms. The lowest BCUT2D eigenvalue weighted by molar-refractivity contribution is 0.267. The van der Waals surface area contributed by atoms with E-state index in [0.717, 1.165) is 11.5 Å². The van der Waals surface area contributed by atoms with Crippen LogP contribution in [0.5, 0.6) is 0 Å². The summed E-state index contributed by atoms with van der Waals surface area (Å²) in [7, 11) is -4.41. The lowest BCUT2D eigenvalue weighted by atomic mass is 9.91. The van der Waals surface area contributed by atoms with Crippen LogP contribution in [0.15, 0.2) is 47.7 Å². The third-order valence-corrected chi connectivity index (χ3v) is 8.58. The number of nitrogens with two attached hydrogens (primary N) is 1. The molecule has 168 valence electrons. The predicted octanol–water partition coefficient (Wildman–Crippen LogP) is 4.24. The second kappa shape index (κ2) is 7.35. The van der Waals surface area contributed by atoms with Crippen molar-refractivity contribution in [3.63, 3.8) is 0 Å². The van der Waals surface area contributed by atoms with E-state index in [0.29, 0.717) is 22.0 Å². The fourth-order valence-corrected chi connectivity index (χ4v) is 5.38. The van der Waals surface area contributed by atoms with Crippen LogP contribution in [0.2, 0.25) is 5.02 Å². The summed E-state index contributed by atoms with van der Waals surface area (Å²) >= 11 is 5.99. The molecule has 0 saturated carbocycles. The number of hydrogen-bond acceptors (Lipinski definition) is 7. The van der Waals surface area contributed by atoms with E-state index in [1.54, 1.807) is 18.3 Å². The number of pyridine rings is 2. The van der Waals surface area contributed by atoms with Crippen molar-refractivity contribution in [2.24, 2.45) is 10.7 Å². The molecule has 3 heterocycles. The molecule has 0 saturated heterocycles. The molecule has 1 unspecified atom stereocenters. The van der Waals surface area contributed by atoms with Crippen LogP contribution >= 0.6 is 11.6 Å². The van der Waals surface area contributed by atoms with Crippen molar-refractivity contribution in [2.45, 2.75) is 36.6 Å². The molecule has 1 aliphatic heterocycles. The molecule has 0 aliphatic carbocycles. The lowest BCUT2D eigenvalue weighted by Gasteiger charge is -2.40. The van der Waals surface area contributed by atoms with Crippen molar-refractivity contribution in [3.8, 4) is 0 Å². The standard InChI is InChI=1S/C21H20ClF2N5O2S/c1-20(2)19(25)29-21(3,18(24)32(20,30)31)14-9-13(4-5-15(14)23)28-17-16-11(6-7-26-17)8-12(22)10-27-16/h4-10,18H,1-3H3,(H2,25,29)(H,26,28)/t18?,21-/m1/s1. The van der Waals surface area contributed by atoms with Crippen molar-refractivity contribution < 1.29 is 17.2 Å². The van der Waals surface area contributed by atoms with Crippen LogP contribution in [-0.4, -0.2) is 34.5 Å². The summed E-state index contributed by atoms with van der Waals surface area (Å²) in [4.78, 5) is 12.6. The van der Waals surface area contributed by atoms with Crippen LogP contribution < -0.4 is 11.1 Å². The Labute approximate surface area is 188 Å². The van der Waals surface area contributed by atoms with Gasteiger partial charge in [-0.1, -0.05) is 11.6 Å². The number of amidine groups is 1. The molecule has 0 amide bonds. The maximum atomic E-state index is 15.4. The van der Waals surface area contributed by atoms with Crippen LogP contribution in [0.3, 0.4) is 0 Å². The SMILES string of the molecule is CC1(C)C(N)=N[C@](C)(c2cc(Nc3nccc4cc(Cl)cnc34)ccc2F)C(F)S1(=O)=O. The van der Waals surface area contributed by atoms with Gasteiger partial charge in [-0.2, -0.15) is 0 Å². The van der Waals surface area contributed by atoms with Crippen molar-refractivity contribution in [1.82, 2.24) is 9.97 Å². The Morgan fingerprint density at radius 2 is 1.88 bits per heavy atom. The molecule has 2 atom stereocenters. The zero-order valence-electron chi connectivity index (χ0n) is 17.4. The number of alkyl halides is 1. The number of nitrogens with zero attached hydrogens (tertiary/aromatic N) is 3. The Morgan fingerprint density at radius 3 is 2.59 bits per heavy atom. The van der Waals surface area contributed by atoms with Crippen molar-refractivity contribution in [2.75, 3.05) is 5.32 Å². The van der Waals surface area contributed by atoms with Crippen LogP contribution in [0.4, 0.5) is 20.3 Å². The van der Waals surface area contributed by atoms with Gasteiger partial charge < -0.3 is 11.1 Å². The average Bonchev–Trinajstić information content (AvgIpc) is 2.73. The highest BCUT2D eigenvalue weighted by atomic mass is 35.5. The lowest BCUT2D eigenvalue weighted by Crippen LogP contribution is -2.58. The number of benzene rings is 1. The van der Waals surface area contributed by atoms with E-state index < -0.39 is 31.4 Å². The number of rotatable bonds is 3. The van der Waals surface area contributed by atoms with Crippen molar-refractivity contribution in [3.05, 3.63) is 59.1 Å². The number of anilines is 2. The van der Waals surface area contributed by atoms with Gasteiger partial charge in [-0.05, 0) is 51.1 Å². The minimum Gasteiger partial charge on any atom is -0.386 e. The summed E-state index contributed by atoms with van der Waals surface area (Å²) < 4.78 is 54.1. The third kappa shape index (κ3) is 3.29. The van der Waals surface area contributed by atoms with Gasteiger partial charge in [0.25, 0.3) is 0 Å². The van der Waals surface area contributed by atoms with Gasteiger partial charge in [-0.25, -0.2) is 22.2 Å². The first-order valence-electron chi connectivity index (χ1n) is 9.58. The van der Waals surface area contributed by atoms with E-state index in [9.17, 15) is 12.8 Å². The summed E-state index contributed by atoms with van der Waals surface area (Å²) in [5.41, 5.74) is 1.91. The number of aliphatic imine (C=N–C) groups is 1.